The maximum atomic E-state index is 13.0. The molecule has 3 aliphatic rings. The normalized spacial score (nSPS) is 18.5. The molecule has 1 N–H and O–H groups in total. The van der Waals surface area contributed by atoms with Gasteiger partial charge in [0.05, 0.1) is 23.9 Å². The summed E-state index contributed by atoms with van der Waals surface area (Å²) in [6.45, 7) is 8.38. The van der Waals surface area contributed by atoms with Crippen molar-refractivity contribution in [2.45, 2.75) is 69.9 Å². The second-order valence-corrected chi connectivity index (χ2v) is 16.1. The fraction of sp³-hybridized carbons (Fsp3) is 0.292. The van der Waals surface area contributed by atoms with E-state index in [1.807, 2.05) is 56.7 Å². The molecule has 1 unspecified atom stereocenters. The monoisotopic (exact) mass is 813 g/mol. The number of benzene rings is 2. The smallest absolute Gasteiger partial charge is 0.255 e. The highest BCUT2D eigenvalue weighted by atomic mass is 16.5. The van der Waals surface area contributed by atoms with Crippen LogP contribution in [0, 0.1) is 23.2 Å². The van der Waals surface area contributed by atoms with E-state index in [1.54, 1.807) is 23.1 Å². The molecule has 2 aromatic carbocycles. The number of aryl methyl sites for hydroxylation is 1. The Kier molecular flexibility index (Phi) is 10.4. The fourth-order valence-corrected chi connectivity index (χ4v) is 8.03. The van der Waals surface area contributed by atoms with Crippen LogP contribution in [-0.4, -0.2) is 73.3 Å². The molecule has 1 aliphatic carbocycles. The Hall–Kier alpha value is -7.22. The third kappa shape index (κ3) is 8.08. The van der Waals surface area contributed by atoms with Crippen molar-refractivity contribution in [3.63, 3.8) is 0 Å². The quantitative estimate of drug-likeness (QED) is 0.107. The largest absolute Gasteiger partial charge is 0.491 e. The van der Waals surface area contributed by atoms with Crippen molar-refractivity contribution in [1.82, 2.24) is 29.7 Å². The maximum absolute atomic E-state index is 13.0. The molecule has 2 amide bonds. The maximum Gasteiger partial charge on any atom is 0.255 e. The highest BCUT2D eigenvalue weighted by Gasteiger charge is 2.38. The van der Waals surface area contributed by atoms with Crippen molar-refractivity contribution < 1.29 is 28.5 Å². The molecule has 61 heavy (non-hydrogen) atoms. The van der Waals surface area contributed by atoms with Gasteiger partial charge >= 0.3 is 0 Å². The standard InChI is InChI=1S/C48H43N7O6/c1-29-5-11-42(46(56)53-29)55-28-33-20-35(8-10-38(33)47(55)57)58-17-18-59-48(2,3)15-13-34-19-32(24-49)44(27-51-34)60-36-22-37(23-36)61-45-12-7-31(25-52-45)30-6-9-39-40-26-50-16-14-41(40)54(4)43(39)21-30/h6-10,12,14,16,19-21,25-27,36-37,42H,1,5,11,17-18,22-23,28H2,2-4H3,(H,53,56). The number of aromatic nitrogens is 4. The van der Waals surface area contributed by atoms with Crippen LogP contribution in [0.25, 0.3) is 32.9 Å². The van der Waals surface area contributed by atoms with E-state index in [0.717, 1.165) is 33.1 Å². The Balaban J connectivity index is 0.730. The molecule has 0 spiro atoms. The summed E-state index contributed by atoms with van der Waals surface area (Å²) in [7, 11) is 2.07. The van der Waals surface area contributed by atoms with E-state index >= 15 is 0 Å². The highest BCUT2D eigenvalue weighted by molar-refractivity contribution is 6.08. The summed E-state index contributed by atoms with van der Waals surface area (Å²) >= 11 is 0. The summed E-state index contributed by atoms with van der Waals surface area (Å²) in [5.41, 5.74) is 6.36. The lowest BCUT2D eigenvalue weighted by Gasteiger charge is -2.35. The highest BCUT2D eigenvalue weighted by Crippen LogP contribution is 2.34. The first kappa shape index (κ1) is 39.3. The van der Waals surface area contributed by atoms with Gasteiger partial charge in [-0.15, -0.1) is 0 Å². The summed E-state index contributed by atoms with van der Waals surface area (Å²) in [4.78, 5) is 40.5. The van der Waals surface area contributed by atoms with E-state index < -0.39 is 11.6 Å². The zero-order valence-electron chi connectivity index (χ0n) is 34.1. The molecule has 0 radical (unpaired) electrons. The van der Waals surface area contributed by atoms with E-state index in [-0.39, 0.29) is 37.2 Å². The van der Waals surface area contributed by atoms with Gasteiger partial charge in [0.25, 0.3) is 5.91 Å². The van der Waals surface area contributed by atoms with Crippen molar-refractivity contribution in [2.24, 2.45) is 7.05 Å². The number of ether oxygens (including phenoxy) is 4. The number of hydrogen-bond acceptors (Lipinski definition) is 10. The van der Waals surface area contributed by atoms with Gasteiger partial charge in [-0.3, -0.25) is 14.6 Å². The molecule has 13 heteroatoms. The number of carbonyl (C=O) groups excluding carboxylic acids is 2. The lowest BCUT2D eigenvalue weighted by molar-refractivity contribution is -0.126. The SMILES string of the molecule is C=C1CCC(N2Cc3cc(OCCOC(C)(C)C#Cc4cc(C#N)c(OC5CC(Oc6ccc(-c7ccc8c9cnccc9n(C)c8c7)cn6)C5)cn4)ccc3C2=O)C(=O)N1. The molecule has 2 fully saturated rings. The summed E-state index contributed by atoms with van der Waals surface area (Å²) in [6.07, 6.45) is 9.43. The van der Waals surface area contributed by atoms with Crippen LogP contribution in [0.15, 0.2) is 97.7 Å². The van der Waals surface area contributed by atoms with Crippen LogP contribution >= 0.6 is 0 Å². The number of pyridine rings is 3. The molecule has 0 bridgehead atoms. The second kappa shape index (κ2) is 16.1. The van der Waals surface area contributed by atoms with Crippen molar-refractivity contribution in [2.75, 3.05) is 13.2 Å². The number of carbonyl (C=O) groups is 2. The van der Waals surface area contributed by atoms with Gasteiger partial charge in [0, 0.05) is 84.2 Å². The first-order chi connectivity index (χ1) is 29.5. The average molecular weight is 814 g/mol. The summed E-state index contributed by atoms with van der Waals surface area (Å²) in [5, 5.41) is 15.0. The molecule has 1 saturated carbocycles. The van der Waals surface area contributed by atoms with Gasteiger partial charge in [0.2, 0.25) is 11.8 Å². The number of nitrogens with zero attached hydrogens (tertiary/aromatic N) is 6. The number of nitrogens with one attached hydrogen (secondary N) is 1. The molecular weight excluding hydrogens is 771 g/mol. The third-order valence-corrected chi connectivity index (χ3v) is 11.4. The Morgan fingerprint density at radius 3 is 2.56 bits per heavy atom. The van der Waals surface area contributed by atoms with Crippen LogP contribution in [0.3, 0.4) is 0 Å². The molecule has 6 aromatic rings. The van der Waals surface area contributed by atoms with Crippen LogP contribution in [0.1, 0.15) is 66.7 Å². The first-order valence-corrected chi connectivity index (χ1v) is 20.3. The van der Waals surface area contributed by atoms with Gasteiger partial charge in [0.1, 0.15) is 48.0 Å². The van der Waals surface area contributed by atoms with E-state index in [0.29, 0.717) is 72.1 Å². The lowest BCUT2D eigenvalue weighted by atomic mass is 9.92. The predicted molar refractivity (Wildman–Crippen MR) is 227 cm³/mol. The molecule has 9 rings (SSSR count). The molecule has 13 nitrogen and oxygen atoms in total. The number of rotatable bonds is 11. The Labute approximate surface area is 352 Å². The van der Waals surface area contributed by atoms with Crippen LogP contribution < -0.4 is 19.5 Å². The van der Waals surface area contributed by atoms with Gasteiger partial charge in [-0.2, -0.15) is 5.26 Å². The Bertz CT molecular complexity index is 2830. The number of amides is 2. The van der Waals surface area contributed by atoms with E-state index in [4.69, 9.17) is 18.9 Å². The van der Waals surface area contributed by atoms with Gasteiger partial charge in [-0.25, -0.2) is 9.97 Å². The third-order valence-electron chi connectivity index (χ3n) is 11.4. The molecule has 1 saturated heterocycles. The minimum atomic E-state index is -0.830. The molecule has 1 atom stereocenters. The van der Waals surface area contributed by atoms with Gasteiger partial charge < -0.3 is 33.7 Å². The van der Waals surface area contributed by atoms with Crippen LogP contribution in [0.4, 0.5) is 0 Å². The zero-order valence-corrected chi connectivity index (χ0v) is 34.1. The van der Waals surface area contributed by atoms with E-state index in [1.165, 1.54) is 11.6 Å². The zero-order chi connectivity index (χ0) is 42.3. The molecular formula is C48H43N7O6. The Morgan fingerprint density at radius 1 is 0.918 bits per heavy atom. The fourth-order valence-electron chi connectivity index (χ4n) is 8.03. The predicted octanol–water partition coefficient (Wildman–Crippen LogP) is 7.02. The van der Waals surface area contributed by atoms with Crippen LogP contribution in [0.5, 0.6) is 17.4 Å². The van der Waals surface area contributed by atoms with Gasteiger partial charge in [-0.05, 0) is 86.2 Å². The minimum absolute atomic E-state index is 0.0517. The number of nitriles is 1. The lowest BCUT2D eigenvalue weighted by Crippen LogP contribution is -2.49. The molecule has 6 heterocycles. The molecule has 4 aromatic heterocycles. The first-order valence-electron chi connectivity index (χ1n) is 20.3. The average Bonchev–Trinajstić information content (AvgIpc) is 3.73. The summed E-state index contributed by atoms with van der Waals surface area (Å²) in [6, 6.07) is 21.0. The van der Waals surface area contributed by atoms with Crippen molar-refractivity contribution >= 4 is 33.6 Å². The van der Waals surface area contributed by atoms with E-state index in [2.05, 4.69) is 74.6 Å². The van der Waals surface area contributed by atoms with Crippen molar-refractivity contribution in [1.29, 1.82) is 5.26 Å². The Morgan fingerprint density at radius 2 is 1.75 bits per heavy atom. The number of piperidine rings is 1. The minimum Gasteiger partial charge on any atom is -0.491 e. The number of hydrogen-bond donors (Lipinski definition) is 1. The number of allylic oxidation sites excluding steroid dienone is 1. The summed E-state index contributed by atoms with van der Waals surface area (Å²) < 4.78 is 26.4. The van der Waals surface area contributed by atoms with E-state index in [9.17, 15) is 14.9 Å². The van der Waals surface area contributed by atoms with Crippen molar-refractivity contribution in [3.05, 3.63) is 120 Å². The topological polar surface area (TPSA) is 154 Å². The van der Waals surface area contributed by atoms with Gasteiger partial charge in [-0.1, -0.05) is 24.6 Å². The van der Waals surface area contributed by atoms with Crippen LogP contribution in [0.2, 0.25) is 0 Å². The van der Waals surface area contributed by atoms with Gasteiger partial charge in [0.15, 0.2) is 5.75 Å². The summed E-state index contributed by atoms with van der Waals surface area (Å²) in [5.74, 6) is 7.33. The number of fused-ring (bicyclic) bond motifs is 4. The molecule has 2 aliphatic heterocycles. The van der Waals surface area contributed by atoms with Crippen molar-refractivity contribution in [3.8, 4) is 46.4 Å². The molecule has 306 valence electrons. The van der Waals surface area contributed by atoms with Crippen LogP contribution in [-0.2, 0) is 23.1 Å². The second-order valence-electron chi connectivity index (χ2n) is 16.1.